The number of hydrogen-bond acceptors (Lipinski definition) is 2. The minimum absolute atomic E-state index is 0.0962. The lowest BCUT2D eigenvalue weighted by Gasteiger charge is -2.17. The van der Waals surface area contributed by atoms with Crippen molar-refractivity contribution < 1.29 is 4.79 Å². The van der Waals surface area contributed by atoms with E-state index in [0.29, 0.717) is 6.42 Å². The van der Waals surface area contributed by atoms with Crippen molar-refractivity contribution in [2.75, 3.05) is 13.6 Å². The summed E-state index contributed by atoms with van der Waals surface area (Å²) in [4.78, 5) is 13.6. The number of carbonyl (C=O) groups is 1. The summed E-state index contributed by atoms with van der Waals surface area (Å²) < 4.78 is 0. The topological polar surface area (TPSA) is 46.3 Å². The van der Waals surface area contributed by atoms with Gasteiger partial charge in [-0.25, -0.2) is 0 Å². The molecule has 19 heavy (non-hydrogen) atoms. The molecule has 0 aliphatic rings. The number of amides is 1. The number of nitrogens with zero attached hydrogens (tertiary/aromatic N) is 1. The van der Waals surface area contributed by atoms with Crippen molar-refractivity contribution in [3.8, 4) is 0 Å². The molecule has 0 radical (unpaired) electrons. The van der Waals surface area contributed by atoms with Gasteiger partial charge in [0.1, 0.15) is 0 Å². The zero-order valence-corrected chi connectivity index (χ0v) is 12.4. The smallest absolute Gasteiger partial charge is 0.222 e. The number of nitrogens with two attached hydrogens (primary N) is 1. The van der Waals surface area contributed by atoms with E-state index in [1.165, 1.54) is 11.1 Å². The van der Waals surface area contributed by atoms with Gasteiger partial charge in [0.15, 0.2) is 0 Å². The van der Waals surface area contributed by atoms with E-state index in [0.717, 1.165) is 25.8 Å². The summed E-state index contributed by atoms with van der Waals surface area (Å²) in [6.45, 7) is 4.85. The Labute approximate surface area is 116 Å². The van der Waals surface area contributed by atoms with Gasteiger partial charge >= 0.3 is 0 Å². The van der Waals surface area contributed by atoms with Crippen LogP contribution in [-0.2, 0) is 17.6 Å². The van der Waals surface area contributed by atoms with Gasteiger partial charge in [-0.15, -0.1) is 0 Å². The van der Waals surface area contributed by atoms with Crippen molar-refractivity contribution in [2.24, 2.45) is 5.73 Å². The first kappa shape index (κ1) is 15.7. The Bertz CT molecular complexity index is 384. The van der Waals surface area contributed by atoms with Crippen LogP contribution < -0.4 is 5.73 Å². The number of aryl methyl sites for hydroxylation is 1. The Morgan fingerprint density at radius 2 is 1.84 bits per heavy atom. The molecule has 1 aromatic carbocycles. The number of likely N-dealkylation sites (N-methyl/N-ethyl adjacent to an activating group) is 1. The molecule has 3 nitrogen and oxygen atoms in total. The van der Waals surface area contributed by atoms with Gasteiger partial charge in [-0.2, -0.15) is 0 Å². The molecule has 0 fully saturated rings. The molecule has 0 saturated carbocycles. The molecule has 106 valence electrons. The molecule has 0 aromatic heterocycles. The average molecular weight is 262 g/mol. The number of hydrogen-bond donors (Lipinski definition) is 1. The van der Waals surface area contributed by atoms with E-state index < -0.39 is 0 Å². The maximum absolute atomic E-state index is 11.8. The van der Waals surface area contributed by atoms with Gasteiger partial charge < -0.3 is 10.6 Å². The van der Waals surface area contributed by atoms with Crippen molar-refractivity contribution in [3.63, 3.8) is 0 Å². The van der Waals surface area contributed by atoms with E-state index in [4.69, 9.17) is 5.73 Å². The van der Waals surface area contributed by atoms with Gasteiger partial charge in [-0.3, -0.25) is 4.79 Å². The molecule has 0 spiro atoms. The van der Waals surface area contributed by atoms with Crippen LogP contribution in [0.15, 0.2) is 24.3 Å². The van der Waals surface area contributed by atoms with Crippen molar-refractivity contribution in [3.05, 3.63) is 35.4 Å². The van der Waals surface area contributed by atoms with Crippen molar-refractivity contribution in [1.82, 2.24) is 4.90 Å². The Hall–Kier alpha value is -1.35. The van der Waals surface area contributed by atoms with E-state index in [-0.39, 0.29) is 11.9 Å². The SMILES string of the molecule is CCc1ccc(CCN(C)C(=O)CCC(C)N)cc1. The largest absolute Gasteiger partial charge is 0.345 e. The fourth-order valence-corrected chi connectivity index (χ4v) is 1.91. The van der Waals surface area contributed by atoms with Crippen LogP contribution in [0.25, 0.3) is 0 Å². The number of rotatable bonds is 7. The first-order valence-corrected chi connectivity index (χ1v) is 7.10. The Kier molecular flexibility index (Phi) is 6.57. The van der Waals surface area contributed by atoms with E-state index >= 15 is 0 Å². The number of carbonyl (C=O) groups excluding carboxylic acids is 1. The predicted molar refractivity (Wildman–Crippen MR) is 80.0 cm³/mol. The lowest BCUT2D eigenvalue weighted by molar-refractivity contribution is -0.130. The van der Waals surface area contributed by atoms with Crippen LogP contribution in [0.3, 0.4) is 0 Å². The van der Waals surface area contributed by atoms with E-state index in [9.17, 15) is 4.79 Å². The van der Waals surface area contributed by atoms with Crippen molar-refractivity contribution in [2.45, 2.75) is 45.6 Å². The maximum Gasteiger partial charge on any atom is 0.222 e. The Morgan fingerprint density at radius 1 is 1.26 bits per heavy atom. The molecule has 0 heterocycles. The molecule has 3 heteroatoms. The minimum atomic E-state index is 0.0962. The van der Waals surface area contributed by atoms with Gasteiger partial charge in [0.05, 0.1) is 0 Å². The molecule has 1 unspecified atom stereocenters. The maximum atomic E-state index is 11.8. The third-order valence-electron chi connectivity index (χ3n) is 3.41. The third kappa shape index (κ3) is 5.88. The molecule has 1 aromatic rings. The summed E-state index contributed by atoms with van der Waals surface area (Å²) in [7, 11) is 1.87. The summed E-state index contributed by atoms with van der Waals surface area (Å²) >= 11 is 0. The van der Waals surface area contributed by atoms with Crippen molar-refractivity contribution in [1.29, 1.82) is 0 Å². The highest BCUT2D eigenvalue weighted by Gasteiger charge is 2.09. The average Bonchev–Trinajstić information content (AvgIpc) is 2.42. The molecule has 0 bridgehead atoms. The second-order valence-corrected chi connectivity index (χ2v) is 5.25. The highest BCUT2D eigenvalue weighted by molar-refractivity contribution is 5.75. The molecule has 1 atom stereocenters. The Morgan fingerprint density at radius 3 is 2.37 bits per heavy atom. The molecule has 1 rings (SSSR count). The fraction of sp³-hybridized carbons (Fsp3) is 0.562. The van der Waals surface area contributed by atoms with E-state index in [1.54, 1.807) is 4.90 Å². The summed E-state index contributed by atoms with van der Waals surface area (Å²) in [5.74, 6) is 0.183. The molecular formula is C16H26N2O. The molecule has 1 amide bonds. The van der Waals surface area contributed by atoms with Crippen LogP contribution in [0.2, 0.25) is 0 Å². The van der Waals surface area contributed by atoms with Gasteiger partial charge in [0, 0.05) is 26.1 Å². The fourth-order valence-electron chi connectivity index (χ4n) is 1.91. The molecule has 0 aliphatic carbocycles. The van der Waals surface area contributed by atoms with Crippen LogP contribution in [0, 0.1) is 0 Å². The lowest BCUT2D eigenvalue weighted by atomic mass is 10.1. The van der Waals surface area contributed by atoms with Gasteiger partial charge in [-0.05, 0) is 37.3 Å². The summed E-state index contributed by atoms with van der Waals surface area (Å²) in [6, 6.07) is 8.72. The van der Waals surface area contributed by atoms with Crippen LogP contribution >= 0.6 is 0 Å². The van der Waals surface area contributed by atoms with Crippen LogP contribution in [0.1, 0.15) is 37.8 Å². The van der Waals surface area contributed by atoms with E-state index in [1.807, 2.05) is 14.0 Å². The molecule has 0 saturated heterocycles. The second-order valence-electron chi connectivity index (χ2n) is 5.25. The summed E-state index contributed by atoms with van der Waals surface area (Å²) in [5, 5.41) is 0. The zero-order valence-electron chi connectivity index (χ0n) is 12.4. The highest BCUT2D eigenvalue weighted by atomic mass is 16.2. The van der Waals surface area contributed by atoms with Gasteiger partial charge in [-0.1, -0.05) is 31.2 Å². The minimum Gasteiger partial charge on any atom is -0.345 e. The zero-order chi connectivity index (χ0) is 14.3. The Balaban J connectivity index is 2.36. The lowest BCUT2D eigenvalue weighted by Crippen LogP contribution is -2.30. The first-order valence-electron chi connectivity index (χ1n) is 7.10. The van der Waals surface area contributed by atoms with Gasteiger partial charge in [0.25, 0.3) is 0 Å². The standard InChI is InChI=1S/C16H26N2O/c1-4-14-6-8-15(9-7-14)11-12-18(3)16(19)10-5-13(2)17/h6-9,13H,4-5,10-12,17H2,1-3H3. The van der Waals surface area contributed by atoms with Crippen molar-refractivity contribution >= 4 is 5.91 Å². The monoisotopic (exact) mass is 262 g/mol. The predicted octanol–water partition coefficient (Wildman–Crippen LogP) is 2.38. The van der Waals surface area contributed by atoms with Crippen LogP contribution in [0.5, 0.6) is 0 Å². The van der Waals surface area contributed by atoms with Crippen LogP contribution in [0.4, 0.5) is 0 Å². The van der Waals surface area contributed by atoms with Gasteiger partial charge in [0.2, 0.25) is 5.91 Å². The first-order chi connectivity index (χ1) is 9.02. The normalized spacial score (nSPS) is 12.2. The highest BCUT2D eigenvalue weighted by Crippen LogP contribution is 2.07. The second kappa shape index (κ2) is 7.95. The molecule has 0 aliphatic heterocycles. The summed E-state index contributed by atoms with van der Waals surface area (Å²) in [5.41, 5.74) is 8.30. The third-order valence-corrected chi connectivity index (χ3v) is 3.41. The number of benzene rings is 1. The quantitative estimate of drug-likeness (QED) is 0.820. The van der Waals surface area contributed by atoms with Crippen LogP contribution in [-0.4, -0.2) is 30.4 Å². The van der Waals surface area contributed by atoms with E-state index in [2.05, 4.69) is 31.2 Å². The molecular weight excluding hydrogens is 236 g/mol. The molecule has 2 N–H and O–H groups in total. The summed E-state index contributed by atoms with van der Waals surface area (Å²) in [6.07, 6.45) is 3.28.